The van der Waals surface area contributed by atoms with Crippen molar-refractivity contribution in [3.05, 3.63) is 0 Å². The van der Waals surface area contributed by atoms with Gasteiger partial charge in [-0.05, 0) is 24.7 Å². The predicted octanol–water partition coefficient (Wildman–Crippen LogP) is -0.491. The van der Waals surface area contributed by atoms with E-state index in [1.807, 2.05) is 0 Å². The van der Waals surface area contributed by atoms with Gasteiger partial charge in [0.2, 0.25) is 0 Å². The summed E-state index contributed by atoms with van der Waals surface area (Å²) in [6.07, 6.45) is 1.14. The summed E-state index contributed by atoms with van der Waals surface area (Å²) in [6, 6.07) is 0. The topological polar surface area (TPSA) is 101 Å². The minimum Gasteiger partial charge on any atom is -0.481 e. The standard InChI is InChI=1S/C9H11NO4/c10-9(7(13)14)3-1-4-5(9)8(4,2-3)6(11)12/h3-5H,1-2,10H2,(H,11,12)(H,13,14)/t3-,4+,5+,8-,9+/m0/s1. The van der Waals surface area contributed by atoms with Crippen LogP contribution >= 0.6 is 0 Å². The van der Waals surface area contributed by atoms with Crippen LogP contribution in [0.15, 0.2) is 0 Å². The van der Waals surface area contributed by atoms with Gasteiger partial charge in [-0.15, -0.1) is 0 Å². The van der Waals surface area contributed by atoms with Crippen LogP contribution in [-0.2, 0) is 9.59 Å². The maximum Gasteiger partial charge on any atom is 0.324 e. The number of nitrogens with two attached hydrogens (primary N) is 1. The van der Waals surface area contributed by atoms with Crippen molar-refractivity contribution in [3.8, 4) is 0 Å². The van der Waals surface area contributed by atoms with E-state index in [1.165, 1.54) is 0 Å². The first-order chi connectivity index (χ1) is 6.45. The molecule has 0 aromatic heterocycles. The van der Waals surface area contributed by atoms with Gasteiger partial charge in [0.05, 0.1) is 5.41 Å². The molecular formula is C9H11NO4. The monoisotopic (exact) mass is 197 g/mol. The lowest BCUT2D eigenvalue weighted by Crippen LogP contribution is -2.51. The molecule has 0 unspecified atom stereocenters. The Labute approximate surface area is 79.9 Å². The number of carbonyl (C=O) groups is 2. The van der Waals surface area contributed by atoms with Crippen molar-refractivity contribution in [2.75, 3.05) is 0 Å². The fraction of sp³-hybridized carbons (Fsp3) is 0.778. The van der Waals surface area contributed by atoms with Crippen molar-refractivity contribution in [3.63, 3.8) is 0 Å². The average molecular weight is 197 g/mol. The van der Waals surface area contributed by atoms with Gasteiger partial charge in [-0.25, -0.2) is 0 Å². The third-order valence-corrected chi connectivity index (χ3v) is 4.59. The molecule has 4 fully saturated rings. The molecule has 76 valence electrons. The van der Waals surface area contributed by atoms with Gasteiger partial charge < -0.3 is 15.9 Å². The molecule has 0 spiro atoms. The zero-order valence-corrected chi connectivity index (χ0v) is 7.43. The van der Waals surface area contributed by atoms with E-state index in [4.69, 9.17) is 15.9 Å². The van der Waals surface area contributed by atoms with E-state index in [9.17, 15) is 9.59 Å². The molecule has 0 aromatic rings. The molecule has 4 aliphatic rings. The lowest BCUT2D eigenvalue weighted by molar-refractivity contribution is -0.145. The van der Waals surface area contributed by atoms with Crippen LogP contribution in [0.5, 0.6) is 0 Å². The maximum absolute atomic E-state index is 11.1. The summed E-state index contributed by atoms with van der Waals surface area (Å²) >= 11 is 0. The van der Waals surface area contributed by atoms with Crippen LogP contribution in [0.1, 0.15) is 12.8 Å². The maximum atomic E-state index is 11.1. The summed E-state index contributed by atoms with van der Waals surface area (Å²) < 4.78 is 0. The lowest BCUT2D eigenvalue weighted by Gasteiger charge is -2.22. The minimum absolute atomic E-state index is 0.0195. The Balaban J connectivity index is 2.06. The van der Waals surface area contributed by atoms with Crippen LogP contribution in [0.25, 0.3) is 0 Å². The number of rotatable bonds is 2. The van der Waals surface area contributed by atoms with Crippen LogP contribution in [0.3, 0.4) is 0 Å². The van der Waals surface area contributed by atoms with E-state index in [2.05, 4.69) is 0 Å². The molecular weight excluding hydrogens is 186 g/mol. The lowest BCUT2D eigenvalue weighted by atomic mass is 9.90. The van der Waals surface area contributed by atoms with Gasteiger partial charge in [0.15, 0.2) is 0 Å². The molecule has 4 saturated carbocycles. The van der Waals surface area contributed by atoms with Gasteiger partial charge in [-0.2, -0.15) is 0 Å². The summed E-state index contributed by atoms with van der Waals surface area (Å²) in [4.78, 5) is 22.1. The summed E-state index contributed by atoms with van der Waals surface area (Å²) in [6.45, 7) is 0. The first kappa shape index (κ1) is 8.23. The Morgan fingerprint density at radius 1 is 1.29 bits per heavy atom. The smallest absolute Gasteiger partial charge is 0.324 e. The Hall–Kier alpha value is -1.10. The average Bonchev–Trinajstić information content (AvgIpc) is 2.45. The molecule has 0 amide bonds. The highest BCUT2D eigenvalue weighted by atomic mass is 16.4. The van der Waals surface area contributed by atoms with Gasteiger partial charge in [0, 0.05) is 5.92 Å². The molecule has 5 atom stereocenters. The van der Waals surface area contributed by atoms with Crippen LogP contribution in [0, 0.1) is 23.2 Å². The van der Waals surface area contributed by atoms with Crippen molar-refractivity contribution in [2.24, 2.45) is 28.9 Å². The van der Waals surface area contributed by atoms with Crippen LogP contribution < -0.4 is 5.73 Å². The van der Waals surface area contributed by atoms with Gasteiger partial charge in [0.25, 0.3) is 0 Å². The molecule has 5 nitrogen and oxygen atoms in total. The van der Waals surface area contributed by atoms with Crippen molar-refractivity contribution >= 4 is 11.9 Å². The number of hydrogen-bond donors (Lipinski definition) is 3. The van der Waals surface area contributed by atoms with E-state index < -0.39 is 22.9 Å². The van der Waals surface area contributed by atoms with Crippen LogP contribution in [0.2, 0.25) is 0 Å². The van der Waals surface area contributed by atoms with E-state index >= 15 is 0 Å². The van der Waals surface area contributed by atoms with E-state index in [0.29, 0.717) is 12.8 Å². The molecule has 0 aromatic carbocycles. The third kappa shape index (κ3) is 0.507. The fourth-order valence-electron chi connectivity index (χ4n) is 4.00. The second-order valence-corrected chi connectivity index (χ2v) is 4.80. The first-order valence-corrected chi connectivity index (χ1v) is 4.71. The molecule has 4 bridgehead atoms. The Morgan fingerprint density at radius 2 is 1.93 bits per heavy atom. The number of aliphatic carboxylic acids is 2. The van der Waals surface area contributed by atoms with Crippen molar-refractivity contribution in [1.29, 1.82) is 0 Å². The Morgan fingerprint density at radius 3 is 2.21 bits per heavy atom. The Kier molecular flexibility index (Phi) is 1.07. The molecule has 4 N–H and O–H groups in total. The fourth-order valence-corrected chi connectivity index (χ4v) is 4.00. The number of hydrogen-bond acceptors (Lipinski definition) is 3. The van der Waals surface area contributed by atoms with Gasteiger partial charge >= 0.3 is 11.9 Å². The quantitative estimate of drug-likeness (QED) is 0.554. The molecule has 0 aliphatic heterocycles. The van der Waals surface area contributed by atoms with Crippen LogP contribution in [0.4, 0.5) is 0 Å². The predicted molar refractivity (Wildman–Crippen MR) is 44.3 cm³/mol. The molecule has 0 radical (unpaired) electrons. The van der Waals surface area contributed by atoms with Crippen LogP contribution in [-0.4, -0.2) is 27.7 Å². The summed E-state index contributed by atoms with van der Waals surface area (Å²) in [7, 11) is 0. The van der Waals surface area contributed by atoms with E-state index in [0.717, 1.165) is 0 Å². The minimum atomic E-state index is -1.26. The summed E-state index contributed by atoms with van der Waals surface area (Å²) in [5.41, 5.74) is 3.79. The highest BCUT2D eigenvalue weighted by molar-refractivity contribution is 5.90. The first-order valence-electron chi connectivity index (χ1n) is 4.71. The summed E-state index contributed by atoms with van der Waals surface area (Å²) in [5, 5.41) is 18.1. The largest absolute Gasteiger partial charge is 0.481 e. The molecule has 0 heterocycles. The zero-order valence-electron chi connectivity index (χ0n) is 7.43. The third-order valence-electron chi connectivity index (χ3n) is 4.59. The second kappa shape index (κ2) is 1.82. The van der Waals surface area contributed by atoms with Crippen molar-refractivity contribution in [2.45, 2.75) is 18.4 Å². The van der Waals surface area contributed by atoms with E-state index in [-0.39, 0.29) is 17.8 Å². The highest BCUT2D eigenvalue weighted by Gasteiger charge is 2.88. The molecule has 14 heavy (non-hydrogen) atoms. The van der Waals surface area contributed by atoms with E-state index in [1.54, 1.807) is 0 Å². The van der Waals surface area contributed by atoms with Gasteiger partial charge in [-0.3, -0.25) is 9.59 Å². The second-order valence-electron chi connectivity index (χ2n) is 4.80. The van der Waals surface area contributed by atoms with Crippen molar-refractivity contribution in [1.82, 2.24) is 0 Å². The number of carboxylic acid groups (broad SMARTS) is 2. The normalized spacial score (nSPS) is 57.4. The SMILES string of the molecule is N[C@]1(C(=O)O)[C@H]2C[C@@H]3[C@@H]1[C@]3(C(=O)O)C2. The zero-order chi connectivity index (χ0) is 10.3. The molecule has 4 rings (SSSR count). The number of carboxylic acids is 2. The van der Waals surface area contributed by atoms with Crippen molar-refractivity contribution < 1.29 is 19.8 Å². The summed E-state index contributed by atoms with van der Waals surface area (Å²) in [5.74, 6) is -2.33. The Bertz CT molecular complexity index is 368. The molecule has 5 heteroatoms. The molecule has 0 saturated heterocycles. The highest BCUT2D eigenvalue weighted by Crippen LogP contribution is 2.81. The molecule has 4 aliphatic carbocycles. The van der Waals surface area contributed by atoms with Gasteiger partial charge in [0.1, 0.15) is 5.54 Å². The van der Waals surface area contributed by atoms with Gasteiger partial charge in [-0.1, -0.05) is 0 Å².